The highest BCUT2D eigenvalue weighted by Crippen LogP contribution is 2.46. The van der Waals surface area contributed by atoms with Crippen molar-refractivity contribution in [3.63, 3.8) is 0 Å². The topological polar surface area (TPSA) is 30.1 Å². The van der Waals surface area contributed by atoms with Crippen molar-refractivity contribution >= 4 is 18.3 Å². The molecule has 0 N–H and O–H groups in total. The lowest BCUT2D eigenvalue weighted by atomic mass is 9.85. The average Bonchev–Trinajstić information content (AvgIpc) is 3.13. The molecule has 0 saturated heterocycles. The molecular formula is C23H28BF2N3O. The minimum atomic E-state index is -4.02. The van der Waals surface area contributed by atoms with E-state index >= 15 is 8.63 Å². The Labute approximate surface area is 176 Å². The Morgan fingerprint density at radius 3 is 2.40 bits per heavy atom. The summed E-state index contributed by atoms with van der Waals surface area (Å²) in [6.45, 7) is 7.52. The van der Waals surface area contributed by atoms with E-state index in [9.17, 15) is 0 Å². The van der Waals surface area contributed by atoms with Crippen LogP contribution in [0.3, 0.4) is 0 Å². The van der Waals surface area contributed by atoms with Crippen molar-refractivity contribution in [3.8, 4) is 5.88 Å². The Balaban J connectivity index is 2.22. The van der Waals surface area contributed by atoms with Gasteiger partial charge in [0.2, 0.25) is 5.88 Å². The zero-order chi connectivity index (χ0) is 22.0. The van der Waals surface area contributed by atoms with Gasteiger partial charge in [-0.2, -0.15) is 0 Å². The van der Waals surface area contributed by atoms with E-state index in [1.165, 1.54) is 8.96 Å². The van der Waals surface area contributed by atoms with Gasteiger partial charge in [0.25, 0.3) is 0 Å². The summed E-state index contributed by atoms with van der Waals surface area (Å²) in [4.78, 5) is 4.65. The van der Waals surface area contributed by atoms with E-state index in [0.717, 1.165) is 27.8 Å². The predicted octanol–water partition coefficient (Wildman–Crippen LogP) is 5.28. The molecule has 158 valence electrons. The zero-order valence-electron chi connectivity index (χ0n) is 18.7. The molecule has 0 unspecified atom stereocenters. The number of methoxy groups -OCH3 is 1. The number of nitrogens with zero attached hydrogens (tertiary/aromatic N) is 3. The Kier molecular flexibility index (Phi) is 4.75. The van der Waals surface area contributed by atoms with Crippen molar-refractivity contribution in [3.05, 3.63) is 63.3 Å². The van der Waals surface area contributed by atoms with Crippen LogP contribution in [0.25, 0.3) is 5.57 Å². The molecule has 0 bridgehead atoms. The number of ether oxygens (including phenoxy) is 1. The number of rotatable bonds is 4. The van der Waals surface area contributed by atoms with Gasteiger partial charge in [0, 0.05) is 29.8 Å². The number of halogens is 2. The molecule has 0 saturated carbocycles. The van der Waals surface area contributed by atoms with Gasteiger partial charge in [-0.25, -0.2) is 4.98 Å². The van der Waals surface area contributed by atoms with Crippen molar-refractivity contribution in [2.24, 2.45) is 0 Å². The summed E-state index contributed by atoms with van der Waals surface area (Å²) in [6.07, 6.45) is 1.41. The monoisotopic (exact) mass is 411 g/mol. The first-order valence-electron chi connectivity index (χ1n) is 10.5. The molecule has 0 radical (unpaired) electrons. The molecule has 2 aromatic rings. The smallest absolute Gasteiger partial charge is 0.481 e. The summed E-state index contributed by atoms with van der Waals surface area (Å²) in [5.74, 6) is 0.467. The highest BCUT2D eigenvalue weighted by molar-refractivity contribution is 6.58. The molecule has 0 aromatic carbocycles. The number of allylic oxidation sites excluding steroid dienone is 2. The van der Waals surface area contributed by atoms with E-state index in [0.29, 0.717) is 47.2 Å². The van der Waals surface area contributed by atoms with Crippen LogP contribution in [-0.4, -0.2) is 33.7 Å². The van der Waals surface area contributed by atoms with Crippen LogP contribution in [0, 0.1) is 13.8 Å². The van der Waals surface area contributed by atoms with Gasteiger partial charge in [-0.1, -0.05) is 19.9 Å². The molecule has 7 heteroatoms. The van der Waals surface area contributed by atoms with Crippen molar-refractivity contribution < 1.29 is 17.9 Å². The largest absolute Gasteiger partial charge is 0.737 e. The number of fused-ring (bicyclic) bond motifs is 2. The molecule has 2 aliphatic heterocycles. The van der Waals surface area contributed by atoms with Gasteiger partial charge in [0.05, 0.1) is 18.4 Å². The Morgan fingerprint density at radius 2 is 1.80 bits per heavy atom. The van der Waals surface area contributed by atoms with Crippen LogP contribution in [0.1, 0.15) is 62.3 Å². The molecular weight excluding hydrogens is 383 g/mol. The van der Waals surface area contributed by atoms with Crippen LogP contribution in [-0.2, 0) is 6.42 Å². The van der Waals surface area contributed by atoms with Crippen LogP contribution in [0.15, 0.2) is 35.0 Å². The van der Waals surface area contributed by atoms with Gasteiger partial charge in [-0.05, 0) is 56.5 Å². The average molecular weight is 411 g/mol. The van der Waals surface area contributed by atoms with Gasteiger partial charge in [-0.15, -0.1) is 0 Å². The summed E-state index contributed by atoms with van der Waals surface area (Å²) in [5, 5.41) is 0. The molecule has 2 aliphatic rings. The molecule has 2 aromatic heterocycles. The van der Waals surface area contributed by atoms with E-state index in [-0.39, 0.29) is 0 Å². The van der Waals surface area contributed by atoms with E-state index in [4.69, 9.17) is 4.74 Å². The van der Waals surface area contributed by atoms with Gasteiger partial charge < -0.3 is 22.3 Å². The normalized spacial score (nSPS) is 17.6. The Bertz CT molecular complexity index is 1170. The molecule has 0 spiro atoms. The molecule has 4 rings (SSSR count). The fourth-order valence-electron chi connectivity index (χ4n) is 5.39. The van der Waals surface area contributed by atoms with Crippen LogP contribution in [0.5, 0.6) is 5.88 Å². The molecule has 4 nitrogen and oxygen atoms in total. The van der Waals surface area contributed by atoms with Gasteiger partial charge in [-0.3, -0.25) is 0 Å². The molecule has 0 atom stereocenters. The maximum Gasteiger partial charge on any atom is 0.737 e. The fraction of sp³-hybridized carbons (Fsp3) is 0.391. The summed E-state index contributed by atoms with van der Waals surface area (Å²) in [5.41, 5.74) is 7.56. The summed E-state index contributed by atoms with van der Waals surface area (Å²) in [7, 11) is 1.56. The number of aromatic nitrogens is 2. The van der Waals surface area contributed by atoms with Crippen LogP contribution < -0.4 is 4.74 Å². The maximum absolute atomic E-state index is 16.1. The van der Waals surface area contributed by atoms with Gasteiger partial charge in [0.1, 0.15) is 5.71 Å². The van der Waals surface area contributed by atoms with Gasteiger partial charge >= 0.3 is 6.97 Å². The predicted molar refractivity (Wildman–Crippen MR) is 117 cm³/mol. The summed E-state index contributed by atoms with van der Waals surface area (Å²) < 4.78 is 40.1. The third kappa shape index (κ3) is 2.50. The molecule has 0 amide bonds. The Hall–Kier alpha value is -2.70. The van der Waals surface area contributed by atoms with Crippen molar-refractivity contribution in [2.45, 2.75) is 54.4 Å². The van der Waals surface area contributed by atoms with Crippen molar-refractivity contribution in [1.82, 2.24) is 9.46 Å². The lowest BCUT2D eigenvalue weighted by Crippen LogP contribution is -2.51. The third-order valence-corrected chi connectivity index (χ3v) is 6.68. The second-order valence-corrected chi connectivity index (χ2v) is 8.05. The SMILES string of the molecule is CCC1=C(C)C2=C(c3cccc(OC)n3)c3c(C)c(CC)c(C)n3[B-](F)(F)[N+]2=C1C. The minimum Gasteiger partial charge on any atom is -0.481 e. The van der Waals surface area contributed by atoms with E-state index in [1.54, 1.807) is 27.0 Å². The first-order valence-corrected chi connectivity index (χ1v) is 10.5. The Morgan fingerprint density at radius 1 is 1.10 bits per heavy atom. The highest BCUT2D eigenvalue weighted by atomic mass is 19.2. The van der Waals surface area contributed by atoms with Crippen molar-refractivity contribution in [2.75, 3.05) is 7.11 Å². The summed E-state index contributed by atoms with van der Waals surface area (Å²) >= 11 is 0. The molecule has 0 aliphatic carbocycles. The number of hydrogen-bond acceptors (Lipinski definition) is 2. The van der Waals surface area contributed by atoms with E-state index < -0.39 is 6.97 Å². The van der Waals surface area contributed by atoms with E-state index in [2.05, 4.69) is 4.98 Å². The molecule has 0 fully saturated rings. The van der Waals surface area contributed by atoms with Gasteiger partial charge in [0.15, 0.2) is 5.70 Å². The second-order valence-electron chi connectivity index (χ2n) is 8.05. The van der Waals surface area contributed by atoms with E-state index in [1.807, 2.05) is 39.8 Å². The van der Waals surface area contributed by atoms with Crippen molar-refractivity contribution in [1.29, 1.82) is 0 Å². The van der Waals surface area contributed by atoms with Crippen LogP contribution >= 0.6 is 0 Å². The lowest BCUT2D eigenvalue weighted by molar-refractivity contribution is -0.363. The third-order valence-electron chi connectivity index (χ3n) is 6.68. The maximum atomic E-state index is 16.1. The highest BCUT2D eigenvalue weighted by Gasteiger charge is 2.56. The first-order chi connectivity index (χ1) is 14.2. The minimum absolute atomic E-state index is 0.467. The molecule has 30 heavy (non-hydrogen) atoms. The standard InChI is InChI=1S/C23H28BF2N3O/c1-8-17-13(3)22-21(19-11-10-12-20(27-19)30-7)23-14(4)18(9-2)16(6)29(23)24(25,26)28(22)15(17)5/h10-12H,8-9H2,1-7H3. The molecule has 4 heterocycles. The zero-order valence-corrected chi connectivity index (χ0v) is 18.7. The second kappa shape index (κ2) is 6.93. The van der Waals surface area contributed by atoms with Crippen LogP contribution in [0.4, 0.5) is 8.63 Å². The lowest BCUT2D eigenvalue weighted by Gasteiger charge is -2.33. The summed E-state index contributed by atoms with van der Waals surface area (Å²) in [6, 6.07) is 5.51. The first kappa shape index (κ1) is 20.6. The quantitative estimate of drug-likeness (QED) is 0.641. The van der Waals surface area contributed by atoms with Crippen LogP contribution in [0.2, 0.25) is 0 Å². The number of pyridine rings is 1. The number of hydrogen-bond donors (Lipinski definition) is 0. The fourth-order valence-corrected chi connectivity index (χ4v) is 5.39.